The lowest BCUT2D eigenvalue weighted by atomic mass is 10.2. The summed E-state index contributed by atoms with van der Waals surface area (Å²) in [5, 5.41) is 10.9. The molecule has 0 bridgehead atoms. The Morgan fingerprint density at radius 1 is 1.11 bits per heavy atom. The minimum Gasteiger partial charge on any atom is -0.296 e. The third kappa shape index (κ3) is 5.09. The van der Waals surface area contributed by atoms with Crippen molar-refractivity contribution >= 4 is 49.8 Å². The van der Waals surface area contributed by atoms with E-state index in [0.29, 0.717) is 16.4 Å². The third-order valence-corrected chi connectivity index (χ3v) is 6.74. The molecule has 0 unspecified atom stereocenters. The van der Waals surface area contributed by atoms with Crippen molar-refractivity contribution < 1.29 is 13.2 Å². The Morgan fingerprint density at radius 2 is 1.79 bits per heavy atom. The van der Waals surface area contributed by atoms with Gasteiger partial charge < -0.3 is 0 Å². The summed E-state index contributed by atoms with van der Waals surface area (Å²) < 4.78 is 26.6. The van der Waals surface area contributed by atoms with E-state index in [9.17, 15) is 13.2 Å². The molecule has 0 aliphatic carbocycles. The van der Waals surface area contributed by atoms with Crippen molar-refractivity contribution in [2.75, 3.05) is 22.1 Å². The van der Waals surface area contributed by atoms with Gasteiger partial charge in [0.25, 0.3) is 5.91 Å². The van der Waals surface area contributed by atoms with Crippen LogP contribution in [0.2, 0.25) is 0 Å². The van der Waals surface area contributed by atoms with Crippen molar-refractivity contribution in [3.63, 3.8) is 0 Å². The van der Waals surface area contributed by atoms with Crippen LogP contribution < -0.4 is 9.62 Å². The van der Waals surface area contributed by atoms with Gasteiger partial charge >= 0.3 is 0 Å². The number of benzene rings is 2. The van der Waals surface area contributed by atoms with Gasteiger partial charge in [-0.15, -0.1) is 10.2 Å². The smallest absolute Gasteiger partial charge is 0.257 e. The lowest BCUT2D eigenvalue weighted by Gasteiger charge is -2.22. The van der Waals surface area contributed by atoms with Crippen LogP contribution in [0.5, 0.6) is 0 Å². The quantitative estimate of drug-likeness (QED) is 0.452. The monoisotopic (exact) mass is 434 g/mol. The Balaban J connectivity index is 1.77. The number of amides is 1. The molecule has 1 aromatic heterocycles. The molecule has 0 fully saturated rings. The standard InChI is InChI=1S/C18H18N4O3S3/c1-26-18-21-20-17(27-18)19-16(23)14-8-10-15(11-9-14)22(28(2,24)25)12-13-6-4-3-5-7-13/h3-11H,12H2,1-2H3,(H,19,20,23). The summed E-state index contributed by atoms with van der Waals surface area (Å²) in [5.41, 5.74) is 1.76. The molecular formula is C18H18N4O3S3. The molecule has 28 heavy (non-hydrogen) atoms. The fraction of sp³-hybridized carbons (Fsp3) is 0.167. The number of anilines is 2. The van der Waals surface area contributed by atoms with E-state index in [2.05, 4.69) is 15.5 Å². The average Bonchev–Trinajstić information content (AvgIpc) is 3.14. The lowest BCUT2D eigenvalue weighted by Crippen LogP contribution is -2.29. The Morgan fingerprint density at radius 3 is 2.36 bits per heavy atom. The number of hydrogen-bond donors (Lipinski definition) is 1. The summed E-state index contributed by atoms with van der Waals surface area (Å²) in [6.07, 6.45) is 3.04. The number of rotatable bonds is 7. The first-order valence-corrected chi connectivity index (χ1v) is 12.1. The summed E-state index contributed by atoms with van der Waals surface area (Å²) in [6.45, 7) is 0.216. The van der Waals surface area contributed by atoms with E-state index in [4.69, 9.17) is 0 Å². The van der Waals surface area contributed by atoms with Gasteiger partial charge in [0.1, 0.15) is 0 Å². The topological polar surface area (TPSA) is 92.3 Å². The van der Waals surface area contributed by atoms with Gasteiger partial charge in [0.05, 0.1) is 18.5 Å². The largest absolute Gasteiger partial charge is 0.296 e. The predicted octanol–water partition coefficient (Wildman–Crippen LogP) is 3.48. The van der Waals surface area contributed by atoms with Gasteiger partial charge in [-0.1, -0.05) is 53.4 Å². The van der Waals surface area contributed by atoms with Crippen molar-refractivity contribution in [2.45, 2.75) is 10.9 Å². The number of carbonyl (C=O) groups is 1. The molecule has 0 aliphatic rings. The normalized spacial score (nSPS) is 11.2. The Labute approximate surface area is 171 Å². The maximum Gasteiger partial charge on any atom is 0.257 e. The van der Waals surface area contributed by atoms with E-state index < -0.39 is 10.0 Å². The van der Waals surface area contributed by atoms with Gasteiger partial charge in [0.2, 0.25) is 15.2 Å². The van der Waals surface area contributed by atoms with Crippen LogP contribution in [-0.4, -0.2) is 37.0 Å². The van der Waals surface area contributed by atoms with Gasteiger partial charge in [0, 0.05) is 5.56 Å². The van der Waals surface area contributed by atoms with E-state index in [1.807, 2.05) is 36.6 Å². The van der Waals surface area contributed by atoms with Crippen LogP contribution in [0.4, 0.5) is 10.8 Å². The highest BCUT2D eigenvalue weighted by Crippen LogP contribution is 2.24. The molecular weight excluding hydrogens is 416 g/mol. The summed E-state index contributed by atoms with van der Waals surface area (Å²) in [7, 11) is -3.48. The number of carbonyl (C=O) groups excluding carboxylic acids is 1. The molecule has 0 atom stereocenters. The third-order valence-electron chi connectivity index (χ3n) is 3.79. The van der Waals surface area contributed by atoms with Crippen molar-refractivity contribution in [1.82, 2.24) is 10.2 Å². The number of hydrogen-bond acceptors (Lipinski definition) is 7. The summed E-state index contributed by atoms with van der Waals surface area (Å²) >= 11 is 2.74. The number of sulfonamides is 1. The van der Waals surface area contributed by atoms with E-state index in [-0.39, 0.29) is 12.5 Å². The molecule has 0 aliphatic heterocycles. The van der Waals surface area contributed by atoms with Crippen LogP contribution in [0.1, 0.15) is 15.9 Å². The number of thioether (sulfide) groups is 1. The maximum atomic E-state index is 12.4. The van der Waals surface area contributed by atoms with E-state index >= 15 is 0 Å². The van der Waals surface area contributed by atoms with E-state index in [0.717, 1.165) is 16.2 Å². The zero-order chi connectivity index (χ0) is 20.1. The maximum absolute atomic E-state index is 12.4. The molecule has 2 aromatic carbocycles. The van der Waals surface area contributed by atoms with E-state index in [1.54, 1.807) is 24.3 Å². The van der Waals surface area contributed by atoms with E-state index in [1.165, 1.54) is 27.4 Å². The molecule has 1 N–H and O–H groups in total. The molecule has 0 radical (unpaired) electrons. The van der Waals surface area contributed by atoms with Crippen molar-refractivity contribution in [2.24, 2.45) is 0 Å². The average molecular weight is 435 g/mol. The minimum atomic E-state index is -3.48. The van der Waals surface area contributed by atoms with Gasteiger partial charge in [-0.3, -0.25) is 14.4 Å². The lowest BCUT2D eigenvalue weighted by molar-refractivity contribution is 0.102. The summed E-state index contributed by atoms with van der Waals surface area (Å²) in [4.78, 5) is 12.4. The van der Waals surface area contributed by atoms with Gasteiger partial charge in [0.15, 0.2) is 4.34 Å². The zero-order valence-corrected chi connectivity index (χ0v) is 17.6. The molecule has 3 rings (SSSR count). The van der Waals surface area contributed by atoms with Crippen LogP contribution in [-0.2, 0) is 16.6 Å². The van der Waals surface area contributed by atoms with Gasteiger partial charge in [-0.2, -0.15) is 0 Å². The molecule has 7 nitrogen and oxygen atoms in total. The SMILES string of the molecule is CSc1nnc(NC(=O)c2ccc(N(Cc3ccccc3)S(C)(=O)=O)cc2)s1. The second-order valence-electron chi connectivity index (χ2n) is 5.83. The highest BCUT2D eigenvalue weighted by atomic mass is 32.2. The van der Waals surface area contributed by atoms with Gasteiger partial charge in [-0.25, -0.2) is 8.42 Å². The summed E-state index contributed by atoms with van der Waals surface area (Å²) in [5.74, 6) is -0.329. The highest BCUT2D eigenvalue weighted by Gasteiger charge is 2.18. The minimum absolute atomic E-state index is 0.216. The second kappa shape index (κ2) is 8.72. The first kappa shape index (κ1) is 20.3. The first-order valence-electron chi connectivity index (χ1n) is 8.17. The molecule has 0 spiro atoms. The van der Waals surface area contributed by atoms with Crippen LogP contribution in [0, 0.1) is 0 Å². The number of nitrogens with one attached hydrogen (secondary N) is 1. The zero-order valence-electron chi connectivity index (χ0n) is 15.2. The van der Waals surface area contributed by atoms with Crippen LogP contribution >= 0.6 is 23.1 Å². The Kier molecular flexibility index (Phi) is 6.32. The molecule has 1 amide bonds. The molecule has 0 saturated carbocycles. The Bertz CT molecular complexity index is 1050. The number of nitrogens with zero attached hydrogens (tertiary/aromatic N) is 3. The fourth-order valence-corrected chi connectivity index (χ4v) is 4.49. The van der Waals surface area contributed by atoms with Gasteiger partial charge in [-0.05, 0) is 36.1 Å². The second-order valence-corrected chi connectivity index (χ2v) is 9.77. The van der Waals surface area contributed by atoms with Crippen LogP contribution in [0.3, 0.4) is 0 Å². The summed E-state index contributed by atoms with van der Waals surface area (Å²) in [6, 6.07) is 15.7. The Hall–Kier alpha value is -2.43. The first-order chi connectivity index (χ1) is 13.4. The molecule has 3 aromatic rings. The van der Waals surface area contributed by atoms with Crippen LogP contribution in [0.15, 0.2) is 58.9 Å². The number of aromatic nitrogens is 2. The van der Waals surface area contributed by atoms with Crippen molar-refractivity contribution in [3.05, 3.63) is 65.7 Å². The van der Waals surface area contributed by atoms with Crippen LogP contribution in [0.25, 0.3) is 0 Å². The molecule has 1 heterocycles. The van der Waals surface area contributed by atoms with Crippen molar-refractivity contribution in [1.29, 1.82) is 0 Å². The molecule has 10 heteroatoms. The molecule has 0 saturated heterocycles. The predicted molar refractivity (Wildman–Crippen MR) is 114 cm³/mol. The van der Waals surface area contributed by atoms with Crippen molar-refractivity contribution in [3.8, 4) is 0 Å². The molecule has 146 valence electrons. The highest BCUT2D eigenvalue weighted by molar-refractivity contribution is 8.00. The fourth-order valence-electron chi connectivity index (χ4n) is 2.44.